The maximum Gasteiger partial charge on any atom is 0.275 e. The summed E-state index contributed by atoms with van der Waals surface area (Å²) in [5.41, 5.74) is 2.72. The van der Waals surface area contributed by atoms with Crippen molar-refractivity contribution in [3.8, 4) is 0 Å². The third-order valence-electron chi connectivity index (χ3n) is 3.99. The Hall–Kier alpha value is -2.74. The van der Waals surface area contributed by atoms with Gasteiger partial charge in [0.1, 0.15) is 5.69 Å². The molecule has 0 aliphatic carbocycles. The van der Waals surface area contributed by atoms with Crippen LogP contribution in [0.4, 0.5) is 0 Å². The van der Waals surface area contributed by atoms with Crippen molar-refractivity contribution in [2.75, 3.05) is 26.8 Å². The smallest absolute Gasteiger partial charge is 0.275 e. The summed E-state index contributed by atoms with van der Waals surface area (Å²) in [5, 5.41) is 9.63. The van der Waals surface area contributed by atoms with Gasteiger partial charge in [0.25, 0.3) is 5.91 Å². The molecule has 8 nitrogen and oxygen atoms in total. The number of ether oxygens (including phenoxy) is 1. The van der Waals surface area contributed by atoms with Crippen LogP contribution >= 0.6 is 0 Å². The van der Waals surface area contributed by atoms with Crippen molar-refractivity contribution in [3.63, 3.8) is 0 Å². The Morgan fingerprint density at radius 1 is 1.19 bits per heavy atom. The van der Waals surface area contributed by atoms with Gasteiger partial charge in [-0.05, 0) is 29.6 Å². The molecule has 0 spiro atoms. The summed E-state index contributed by atoms with van der Waals surface area (Å²) >= 11 is 0. The molecule has 2 amide bonds. The van der Waals surface area contributed by atoms with Gasteiger partial charge < -0.3 is 15.0 Å². The largest absolute Gasteiger partial charge is 0.383 e. The molecule has 2 aromatic rings. The number of methoxy groups -OCH3 is 1. The topological polar surface area (TPSA) is 97.6 Å². The van der Waals surface area contributed by atoms with Gasteiger partial charge in [-0.1, -0.05) is 36.3 Å². The Bertz CT molecular complexity index is 727. The average Bonchev–Trinajstić information content (AvgIpc) is 3.09. The van der Waals surface area contributed by atoms with Crippen LogP contribution in [0.5, 0.6) is 0 Å². The number of hydrogen-bond acceptors (Lipinski definition) is 6. The predicted octanol–water partition coefficient (Wildman–Crippen LogP) is 1.35. The Morgan fingerprint density at radius 3 is 2.46 bits per heavy atom. The van der Waals surface area contributed by atoms with Crippen LogP contribution < -0.4 is 5.32 Å². The van der Waals surface area contributed by atoms with Gasteiger partial charge in [0.2, 0.25) is 5.91 Å². The van der Waals surface area contributed by atoms with Crippen LogP contribution in [0.15, 0.2) is 28.9 Å². The third-order valence-corrected chi connectivity index (χ3v) is 3.99. The van der Waals surface area contributed by atoms with Crippen molar-refractivity contribution in [1.29, 1.82) is 0 Å². The first-order chi connectivity index (χ1) is 12.5. The second-order valence-electron chi connectivity index (χ2n) is 5.86. The molecule has 0 unspecified atom stereocenters. The summed E-state index contributed by atoms with van der Waals surface area (Å²) in [4.78, 5) is 26.2. The Balaban J connectivity index is 1.96. The van der Waals surface area contributed by atoms with Crippen LogP contribution in [-0.2, 0) is 22.5 Å². The lowest BCUT2D eigenvalue weighted by atomic mass is 10.1. The summed E-state index contributed by atoms with van der Waals surface area (Å²) in [6.45, 7) is 4.87. The van der Waals surface area contributed by atoms with E-state index < -0.39 is 5.91 Å². The van der Waals surface area contributed by atoms with Gasteiger partial charge in [0.15, 0.2) is 5.69 Å². The summed E-state index contributed by atoms with van der Waals surface area (Å²) in [5.74, 6) is -0.694. The molecule has 2 rings (SSSR count). The van der Waals surface area contributed by atoms with E-state index in [9.17, 15) is 9.59 Å². The number of nitrogens with zero attached hydrogens (tertiary/aromatic N) is 3. The summed E-state index contributed by atoms with van der Waals surface area (Å²) in [6, 6.07) is 8.12. The highest BCUT2D eigenvalue weighted by Crippen LogP contribution is 2.09. The molecule has 140 valence electrons. The van der Waals surface area contributed by atoms with Gasteiger partial charge in [-0.2, -0.15) is 0 Å². The van der Waals surface area contributed by atoms with Gasteiger partial charge in [-0.3, -0.25) is 9.59 Å². The van der Waals surface area contributed by atoms with Crippen LogP contribution in [0.25, 0.3) is 0 Å². The third kappa shape index (κ3) is 5.38. The second-order valence-corrected chi connectivity index (χ2v) is 5.86. The zero-order valence-electron chi connectivity index (χ0n) is 15.3. The maximum atomic E-state index is 12.5. The molecule has 0 bridgehead atoms. The highest BCUT2D eigenvalue weighted by Gasteiger charge is 2.18. The molecule has 0 aliphatic rings. The first-order valence-electron chi connectivity index (χ1n) is 8.47. The van der Waals surface area contributed by atoms with E-state index in [1.165, 1.54) is 5.56 Å². The number of carbonyl (C=O) groups is 2. The minimum atomic E-state index is -0.490. The van der Waals surface area contributed by atoms with Crippen molar-refractivity contribution in [2.24, 2.45) is 0 Å². The second kappa shape index (κ2) is 9.67. The fraction of sp³-hybridized carbons (Fsp3) is 0.444. The molecule has 1 N–H and O–H groups in total. The first kappa shape index (κ1) is 19.6. The number of hydrogen-bond donors (Lipinski definition) is 1. The Kier molecular flexibility index (Phi) is 7.28. The standard InChI is InChI=1S/C18H24N4O4/c1-4-14-5-7-15(8-6-14)12-22(9-10-25-3)16(23)11-19-18(24)17-13(2)20-26-21-17/h5-8H,4,9-12H2,1-3H3,(H,19,24). The molecule has 1 aromatic carbocycles. The fourth-order valence-corrected chi connectivity index (χ4v) is 2.38. The first-order valence-corrected chi connectivity index (χ1v) is 8.47. The number of nitrogens with one attached hydrogen (secondary N) is 1. The van der Waals surface area contributed by atoms with Gasteiger partial charge in [0, 0.05) is 20.2 Å². The summed E-state index contributed by atoms with van der Waals surface area (Å²) in [6.07, 6.45) is 0.967. The van der Waals surface area contributed by atoms with Crippen LogP contribution in [0.1, 0.15) is 34.2 Å². The molecule has 0 saturated carbocycles. The number of rotatable bonds is 9. The van der Waals surface area contributed by atoms with E-state index in [1.807, 2.05) is 12.1 Å². The molecular weight excluding hydrogens is 336 g/mol. The van der Waals surface area contributed by atoms with E-state index in [-0.39, 0.29) is 18.1 Å². The molecule has 0 saturated heterocycles. The van der Waals surface area contributed by atoms with E-state index in [1.54, 1.807) is 18.9 Å². The van der Waals surface area contributed by atoms with Crippen molar-refractivity contribution in [2.45, 2.75) is 26.8 Å². The zero-order chi connectivity index (χ0) is 18.9. The van der Waals surface area contributed by atoms with E-state index in [2.05, 4.69) is 39.3 Å². The van der Waals surface area contributed by atoms with E-state index in [0.717, 1.165) is 12.0 Å². The van der Waals surface area contributed by atoms with E-state index >= 15 is 0 Å². The minimum Gasteiger partial charge on any atom is -0.383 e. The van der Waals surface area contributed by atoms with Crippen LogP contribution in [0.2, 0.25) is 0 Å². The lowest BCUT2D eigenvalue weighted by Gasteiger charge is -2.23. The SMILES string of the molecule is CCc1ccc(CN(CCOC)C(=O)CNC(=O)c2nonc2C)cc1. The number of carbonyl (C=O) groups excluding carboxylic acids is 2. The molecule has 8 heteroatoms. The molecule has 26 heavy (non-hydrogen) atoms. The van der Waals surface area contributed by atoms with Gasteiger partial charge in [-0.25, -0.2) is 4.63 Å². The molecule has 0 fully saturated rings. The summed E-state index contributed by atoms with van der Waals surface area (Å²) < 4.78 is 9.58. The lowest BCUT2D eigenvalue weighted by Crippen LogP contribution is -2.41. The predicted molar refractivity (Wildman–Crippen MR) is 94.5 cm³/mol. The molecule has 0 radical (unpaired) electrons. The van der Waals surface area contributed by atoms with Crippen LogP contribution in [0.3, 0.4) is 0 Å². The number of aromatic nitrogens is 2. The van der Waals surface area contributed by atoms with Crippen molar-refractivity contribution in [3.05, 3.63) is 46.8 Å². The Labute approximate surface area is 152 Å². The quantitative estimate of drug-likeness (QED) is 0.725. The van der Waals surface area contributed by atoms with Crippen LogP contribution in [-0.4, -0.2) is 53.8 Å². The van der Waals surface area contributed by atoms with Gasteiger partial charge in [-0.15, -0.1) is 0 Å². The molecule has 1 heterocycles. The number of amides is 2. The maximum absolute atomic E-state index is 12.5. The van der Waals surface area contributed by atoms with Crippen molar-refractivity contribution >= 4 is 11.8 Å². The number of benzene rings is 1. The van der Waals surface area contributed by atoms with Gasteiger partial charge >= 0.3 is 0 Å². The summed E-state index contributed by atoms with van der Waals surface area (Å²) in [7, 11) is 1.58. The normalized spacial score (nSPS) is 10.6. The average molecular weight is 360 g/mol. The highest BCUT2D eigenvalue weighted by molar-refractivity contribution is 5.95. The molecule has 1 aromatic heterocycles. The van der Waals surface area contributed by atoms with Crippen molar-refractivity contribution < 1.29 is 19.0 Å². The number of aryl methyl sites for hydroxylation is 2. The lowest BCUT2D eigenvalue weighted by molar-refractivity contribution is -0.131. The fourth-order valence-electron chi connectivity index (χ4n) is 2.38. The monoisotopic (exact) mass is 360 g/mol. The highest BCUT2D eigenvalue weighted by atomic mass is 16.6. The van der Waals surface area contributed by atoms with Gasteiger partial charge in [0.05, 0.1) is 13.2 Å². The Morgan fingerprint density at radius 2 is 1.88 bits per heavy atom. The van der Waals surface area contributed by atoms with Crippen LogP contribution in [0, 0.1) is 6.92 Å². The minimum absolute atomic E-state index is 0.0800. The van der Waals surface area contributed by atoms with E-state index in [0.29, 0.717) is 25.4 Å². The zero-order valence-corrected chi connectivity index (χ0v) is 15.3. The van der Waals surface area contributed by atoms with Crippen molar-refractivity contribution in [1.82, 2.24) is 20.5 Å². The molecule has 0 atom stereocenters. The molecular formula is C18H24N4O4. The van der Waals surface area contributed by atoms with E-state index in [4.69, 9.17) is 4.74 Å². The molecule has 0 aliphatic heterocycles.